The van der Waals surface area contributed by atoms with Crippen LogP contribution < -0.4 is 0 Å². The number of carbonyl (C=O) groups is 2. The molecular weight excluding hydrogens is 352 g/mol. The first kappa shape index (κ1) is 20.2. The Labute approximate surface area is 166 Å². The van der Waals surface area contributed by atoms with Crippen LogP contribution >= 0.6 is 0 Å². The summed E-state index contributed by atoms with van der Waals surface area (Å²) in [5, 5.41) is 8.88. The van der Waals surface area contributed by atoms with Crippen molar-refractivity contribution in [2.75, 3.05) is 39.3 Å². The fourth-order valence-electron chi connectivity index (χ4n) is 3.64. The average Bonchev–Trinajstić information content (AvgIpc) is 2.74. The molecule has 1 fully saturated rings. The number of Topliss-reactive ketones (excluding diaryl/α,β-unsaturated/α-hetero) is 1. The van der Waals surface area contributed by atoms with E-state index in [-0.39, 0.29) is 18.3 Å². The van der Waals surface area contributed by atoms with Crippen LogP contribution in [0.25, 0.3) is 11.1 Å². The Morgan fingerprint density at radius 1 is 0.929 bits per heavy atom. The highest BCUT2D eigenvalue weighted by molar-refractivity contribution is 6.01. The Bertz CT molecular complexity index is 809. The van der Waals surface area contributed by atoms with E-state index in [1.54, 1.807) is 6.92 Å². The number of ketones is 1. The Morgan fingerprint density at radius 3 is 2.25 bits per heavy atom. The van der Waals surface area contributed by atoms with Gasteiger partial charge < -0.3 is 10.0 Å². The summed E-state index contributed by atoms with van der Waals surface area (Å²) in [6, 6.07) is 15.1. The molecule has 2 aromatic rings. The molecule has 1 aliphatic heterocycles. The maximum Gasteiger partial charge on any atom is 0.253 e. The third-order valence-corrected chi connectivity index (χ3v) is 5.29. The highest BCUT2D eigenvalue weighted by atomic mass is 16.3. The zero-order chi connectivity index (χ0) is 19.9. The minimum Gasteiger partial charge on any atom is -0.396 e. The van der Waals surface area contributed by atoms with Gasteiger partial charge in [0.25, 0.3) is 5.91 Å². The number of benzene rings is 2. The monoisotopic (exact) mass is 380 g/mol. The summed E-state index contributed by atoms with van der Waals surface area (Å²) in [6.07, 6.45) is 1.83. The molecule has 1 N–H and O–H groups in total. The Kier molecular flexibility index (Phi) is 6.95. The molecule has 28 heavy (non-hydrogen) atoms. The summed E-state index contributed by atoms with van der Waals surface area (Å²) < 4.78 is 0. The minimum atomic E-state index is 0.0348. The number of aliphatic hydroxyl groups excluding tert-OH is 1. The van der Waals surface area contributed by atoms with E-state index >= 15 is 0 Å². The topological polar surface area (TPSA) is 60.9 Å². The van der Waals surface area contributed by atoms with Crippen molar-refractivity contribution in [1.82, 2.24) is 9.80 Å². The Balaban J connectivity index is 1.63. The summed E-state index contributed by atoms with van der Waals surface area (Å²) in [5.41, 5.74) is 3.21. The Morgan fingerprint density at radius 2 is 1.61 bits per heavy atom. The molecule has 0 aliphatic carbocycles. The fourth-order valence-corrected chi connectivity index (χ4v) is 3.64. The molecule has 1 amide bonds. The molecule has 0 aromatic heterocycles. The van der Waals surface area contributed by atoms with Crippen LogP contribution in [-0.4, -0.2) is 65.9 Å². The van der Waals surface area contributed by atoms with Gasteiger partial charge in [-0.05, 0) is 49.6 Å². The van der Waals surface area contributed by atoms with Gasteiger partial charge in [0, 0.05) is 43.9 Å². The average molecular weight is 380 g/mol. The van der Waals surface area contributed by atoms with Crippen LogP contribution in [0.1, 0.15) is 40.5 Å². The van der Waals surface area contributed by atoms with Crippen LogP contribution in [0.4, 0.5) is 0 Å². The smallest absolute Gasteiger partial charge is 0.253 e. The fraction of sp³-hybridized carbons (Fsp3) is 0.391. The Hall–Kier alpha value is -2.50. The molecule has 5 nitrogen and oxygen atoms in total. The van der Waals surface area contributed by atoms with Gasteiger partial charge in [-0.1, -0.05) is 36.4 Å². The predicted octanol–water partition coefficient (Wildman–Crippen LogP) is 3.09. The van der Waals surface area contributed by atoms with Gasteiger partial charge >= 0.3 is 0 Å². The van der Waals surface area contributed by atoms with Gasteiger partial charge in [-0.15, -0.1) is 0 Å². The molecule has 1 heterocycles. The molecule has 0 radical (unpaired) electrons. The van der Waals surface area contributed by atoms with Crippen LogP contribution in [0.2, 0.25) is 0 Å². The summed E-state index contributed by atoms with van der Waals surface area (Å²) in [4.78, 5) is 28.9. The largest absolute Gasteiger partial charge is 0.396 e. The van der Waals surface area contributed by atoms with E-state index in [2.05, 4.69) is 4.90 Å². The second-order valence-electron chi connectivity index (χ2n) is 7.24. The number of hydrogen-bond acceptors (Lipinski definition) is 4. The number of nitrogens with zero attached hydrogens (tertiary/aromatic N) is 2. The normalized spacial score (nSPS) is 14.9. The van der Waals surface area contributed by atoms with Crippen molar-refractivity contribution in [2.24, 2.45) is 0 Å². The number of unbranched alkanes of at least 4 members (excludes halogenated alkanes) is 1. The summed E-state index contributed by atoms with van der Waals surface area (Å²) in [6.45, 7) is 6.00. The first-order chi connectivity index (χ1) is 13.6. The van der Waals surface area contributed by atoms with E-state index in [1.807, 2.05) is 53.4 Å². The highest BCUT2D eigenvalue weighted by Crippen LogP contribution is 2.25. The van der Waals surface area contributed by atoms with Gasteiger partial charge in [0.2, 0.25) is 0 Å². The summed E-state index contributed by atoms with van der Waals surface area (Å²) in [5.74, 6) is 0.0917. The third kappa shape index (κ3) is 4.86. The van der Waals surface area contributed by atoms with Crippen molar-refractivity contribution in [2.45, 2.75) is 19.8 Å². The SMILES string of the molecule is CC(=O)c1ccccc1-c1ccc(C(=O)N2CCN(CCCCO)CC2)cc1. The van der Waals surface area contributed by atoms with E-state index in [9.17, 15) is 9.59 Å². The van der Waals surface area contributed by atoms with Crippen LogP contribution in [-0.2, 0) is 0 Å². The molecule has 5 heteroatoms. The quantitative estimate of drug-likeness (QED) is 0.592. The number of aliphatic hydroxyl groups is 1. The maximum atomic E-state index is 12.8. The van der Waals surface area contributed by atoms with Crippen LogP contribution in [0.15, 0.2) is 48.5 Å². The molecule has 1 saturated heterocycles. The van der Waals surface area contributed by atoms with Gasteiger partial charge in [0.1, 0.15) is 0 Å². The predicted molar refractivity (Wildman–Crippen MR) is 111 cm³/mol. The lowest BCUT2D eigenvalue weighted by Gasteiger charge is -2.34. The number of carbonyl (C=O) groups excluding carboxylic acids is 2. The van der Waals surface area contributed by atoms with Crippen molar-refractivity contribution in [3.8, 4) is 11.1 Å². The van der Waals surface area contributed by atoms with Crippen molar-refractivity contribution < 1.29 is 14.7 Å². The van der Waals surface area contributed by atoms with Gasteiger partial charge in [-0.2, -0.15) is 0 Å². The molecule has 148 valence electrons. The standard InChI is InChI=1S/C23H28N2O3/c1-18(27)21-6-2-3-7-22(21)19-8-10-20(11-9-19)23(28)25-15-13-24(14-16-25)12-4-5-17-26/h2-3,6-11,26H,4-5,12-17H2,1H3. The van der Waals surface area contributed by atoms with E-state index < -0.39 is 0 Å². The highest BCUT2D eigenvalue weighted by Gasteiger charge is 2.22. The molecule has 0 unspecified atom stereocenters. The lowest BCUT2D eigenvalue weighted by Crippen LogP contribution is -2.48. The van der Waals surface area contributed by atoms with Gasteiger partial charge in [-0.25, -0.2) is 0 Å². The molecule has 1 aliphatic rings. The molecule has 3 rings (SSSR count). The first-order valence-electron chi connectivity index (χ1n) is 9.93. The molecule has 0 atom stereocenters. The minimum absolute atomic E-state index is 0.0348. The maximum absolute atomic E-state index is 12.8. The van der Waals surface area contributed by atoms with E-state index in [0.29, 0.717) is 11.1 Å². The second kappa shape index (κ2) is 9.62. The van der Waals surface area contributed by atoms with Crippen molar-refractivity contribution in [3.05, 3.63) is 59.7 Å². The molecule has 2 aromatic carbocycles. The van der Waals surface area contributed by atoms with Gasteiger partial charge in [0.15, 0.2) is 5.78 Å². The van der Waals surface area contributed by atoms with Crippen LogP contribution in [0.5, 0.6) is 0 Å². The van der Waals surface area contributed by atoms with Crippen molar-refractivity contribution in [1.29, 1.82) is 0 Å². The number of rotatable bonds is 7. The zero-order valence-electron chi connectivity index (χ0n) is 16.4. The van der Waals surface area contributed by atoms with Crippen LogP contribution in [0, 0.1) is 0 Å². The lowest BCUT2D eigenvalue weighted by molar-refractivity contribution is 0.0634. The molecular formula is C23H28N2O3. The molecule has 0 bridgehead atoms. The van der Waals surface area contributed by atoms with Gasteiger partial charge in [-0.3, -0.25) is 14.5 Å². The summed E-state index contributed by atoms with van der Waals surface area (Å²) >= 11 is 0. The second-order valence-corrected chi connectivity index (χ2v) is 7.24. The third-order valence-electron chi connectivity index (χ3n) is 5.29. The summed E-state index contributed by atoms with van der Waals surface area (Å²) in [7, 11) is 0. The lowest BCUT2D eigenvalue weighted by atomic mass is 9.96. The van der Waals surface area contributed by atoms with Gasteiger partial charge in [0.05, 0.1) is 0 Å². The van der Waals surface area contributed by atoms with E-state index in [1.165, 1.54) is 0 Å². The molecule has 0 saturated carbocycles. The number of piperazine rings is 1. The number of hydrogen-bond donors (Lipinski definition) is 1. The van der Waals surface area contributed by atoms with Crippen LogP contribution in [0.3, 0.4) is 0 Å². The van der Waals surface area contributed by atoms with E-state index in [0.717, 1.165) is 56.7 Å². The zero-order valence-corrected chi connectivity index (χ0v) is 16.4. The van der Waals surface area contributed by atoms with E-state index in [4.69, 9.17) is 5.11 Å². The number of amides is 1. The van der Waals surface area contributed by atoms with Crippen molar-refractivity contribution in [3.63, 3.8) is 0 Å². The molecule has 0 spiro atoms. The first-order valence-corrected chi connectivity index (χ1v) is 9.93. The van der Waals surface area contributed by atoms with Crippen molar-refractivity contribution >= 4 is 11.7 Å².